The van der Waals surface area contributed by atoms with Crippen molar-refractivity contribution in [3.63, 3.8) is 0 Å². The largest absolute Gasteiger partial charge is 0.462 e. The van der Waals surface area contributed by atoms with Crippen LogP contribution in [-0.4, -0.2) is 43.3 Å². The molecule has 0 atom stereocenters. The van der Waals surface area contributed by atoms with E-state index in [0.717, 1.165) is 25.9 Å². The zero-order valence-electron chi connectivity index (χ0n) is 10.8. The van der Waals surface area contributed by atoms with Crippen molar-refractivity contribution in [2.45, 2.75) is 33.6 Å². The summed E-state index contributed by atoms with van der Waals surface area (Å²) in [5.74, 6) is -0.283. The minimum absolute atomic E-state index is 0.121. The lowest BCUT2D eigenvalue weighted by Crippen LogP contribution is -2.30. The van der Waals surface area contributed by atoms with Crippen LogP contribution in [0.5, 0.6) is 0 Å². The summed E-state index contributed by atoms with van der Waals surface area (Å²) in [4.78, 5) is 24.5. The molecule has 0 aromatic heterocycles. The molecule has 1 rings (SSSR count). The van der Waals surface area contributed by atoms with Gasteiger partial charge in [-0.3, -0.25) is 4.79 Å². The molecule has 0 N–H and O–H groups in total. The first-order valence-electron chi connectivity index (χ1n) is 6.00. The summed E-state index contributed by atoms with van der Waals surface area (Å²) in [6.07, 6.45) is 1.76. The number of nitrogens with zero attached hydrogens (tertiary/aromatic N) is 1. The highest BCUT2D eigenvalue weighted by Crippen LogP contribution is 2.14. The minimum atomic E-state index is -0.515. The highest BCUT2D eigenvalue weighted by Gasteiger charge is 2.23. The number of hydrogen-bond donors (Lipinski definition) is 0. The number of likely N-dealkylation sites (tertiary alicyclic amines) is 1. The van der Waals surface area contributed by atoms with Gasteiger partial charge in [0.2, 0.25) is 0 Å². The van der Waals surface area contributed by atoms with Gasteiger partial charge in [0.15, 0.2) is 0 Å². The molecule has 0 unspecified atom stereocenters. The van der Waals surface area contributed by atoms with Crippen LogP contribution in [0.4, 0.5) is 4.79 Å². The fourth-order valence-electron chi connectivity index (χ4n) is 1.47. The number of carbonyl (C=O) groups is 2. The van der Waals surface area contributed by atoms with E-state index in [2.05, 4.69) is 0 Å². The topological polar surface area (TPSA) is 55.8 Å². The zero-order chi connectivity index (χ0) is 12.9. The number of rotatable bonds is 3. The van der Waals surface area contributed by atoms with Gasteiger partial charge in [-0.25, -0.2) is 4.79 Å². The summed E-state index contributed by atoms with van der Waals surface area (Å²) in [7, 11) is 0. The first-order valence-corrected chi connectivity index (χ1v) is 6.00. The molecule has 1 aliphatic heterocycles. The van der Waals surface area contributed by atoms with Crippen LogP contribution in [-0.2, 0) is 14.3 Å². The molecule has 98 valence electrons. The second kappa shape index (κ2) is 5.89. The quantitative estimate of drug-likeness (QED) is 0.560. The first-order chi connectivity index (χ1) is 7.91. The zero-order valence-corrected chi connectivity index (χ0v) is 10.8. The number of carbonyl (C=O) groups excluding carboxylic acids is 2. The predicted octanol–water partition coefficient (Wildman–Crippen LogP) is 1.81. The molecule has 1 heterocycles. The van der Waals surface area contributed by atoms with Gasteiger partial charge in [-0.2, -0.15) is 0 Å². The van der Waals surface area contributed by atoms with Crippen molar-refractivity contribution in [3.8, 4) is 0 Å². The third kappa shape index (κ3) is 4.63. The summed E-state index contributed by atoms with van der Waals surface area (Å²) in [5, 5.41) is 0. The van der Waals surface area contributed by atoms with Crippen LogP contribution in [0.2, 0.25) is 0 Å². The maximum absolute atomic E-state index is 11.5. The Bertz CT molecular complexity index is 277. The lowest BCUT2D eigenvalue weighted by molar-refractivity contribution is -0.154. The molecule has 1 aliphatic rings. The van der Waals surface area contributed by atoms with Crippen LogP contribution < -0.4 is 0 Å². The maximum atomic E-state index is 11.5. The molecule has 0 saturated carbocycles. The third-order valence-electron chi connectivity index (χ3n) is 2.52. The molecule has 1 fully saturated rings. The first kappa shape index (κ1) is 13.8. The molecule has 1 amide bonds. The lowest BCUT2D eigenvalue weighted by atomic mass is 9.97. The van der Waals surface area contributed by atoms with Crippen LogP contribution in [0.25, 0.3) is 0 Å². The minimum Gasteiger partial charge on any atom is -0.462 e. The van der Waals surface area contributed by atoms with Crippen molar-refractivity contribution < 1.29 is 19.1 Å². The van der Waals surface area contributed by atoms with E-state index in [4.69, 9.17) is 9.47 Å². The average Bonchev–Trinajstić information content (AvgIpc) is 2.75. The van der Waals surface area contributed by atoms with Gasteiger partial charge in [0.05, 0.1) is 5.41 Å². The average molecular weight is 243 g/mol. The van der Waals surface area contributed by atoms with E-state index in [9.17, 15) is 9.59 Å². The van der Waals surface area contributed by atoms with Gasteiger partial charge in [-0.1, -0.05) is 0 Å². The lowest BCUT2D eigenvalue weighted by Gasteiger charge is -2.18. The van der Waals surface area contributed by atoms with E-state index in [1.165, 1.54) is 0 Å². The normalized spacial score (nSPS) is 15.8. The summed E-state index contributed by atoms with van der Waals surface area (Å²) in [6, 6.07) is 0. The Morgan fingerprint density at radius 2 is 1.59 bits per heavy atom. The van der Waals surface area contributed by atoms with Gasteiger partial charge >= 0.3 is 12.1 Å². The van der Waals surface area contributed by atoms with E-state index in [1.54, 1.807) is 25.7 Å². The Hall–Kier alpha value is -1.26. The third-order valence-corrected chi connectivity index (χ3v) is 2.52. The fraction of sp³-hybridized carbons (Fsp3) is 0.833. The maximum Gasteiger partial charge on any atom is 0.409 e. The number of amides is 1. The van der Waals surface area contributed by atoms with Crippen molar-refractivity contribution in [2.75, 3.05) is 26.3 Å². The Morgan fingerprint density at radius 3 is 2.12 bits per heavy atom. The second-order valence-electron chi connectivity index (χ2n) is 5.19. The van der Waals surface area contributed by atoms with Gasteiger partial charge < -0.3 is 14.4 Å². The summed E-state index contributed by atoms with van der Waals surface area (Å²) < 4.78 is 9.98. The van der Waals surface area contributed by atoms with E-state index in [-0.39, 0.29) is 25.3 Å². The second-order valence-corrected chi connectivity index (χ2v) is 5.19. The van der Waals surface area contributed by atoms with Crippen LogP contribution in [0.1, 0.15) is 33.6 Å². The standard InChI is InChI=1S/C12H21NO4/c1-12(2,3)10(14)16-8-9-17-11(15)13-6-4-5-7-13/h4-9H2,1-3H3. The van der Waals surface area contributed by atoms with Gasteiger partial charge in [0.1, 0.15) is 13.2 Å². The molecular formula is C12H21NO4. The molecule has 5 heteroatoms. The van der Waals surface area contributed by atoms with Crippen molar-refractivity contribution in [1.29, 1.82) is 0 Å². The molecule has 0 bridgehead atoms. The highest BCUT2D eigenvalue weighted by atomic mass is 16.6. The van der Waals surface area contributed by atoms with Crippen LogP contribution in [0.15, 0.2) is 0 Å². The van der Waals surface area contributed by atoms with E-state index in [1.807, 2.05) is 0 Å². The van der Waals surface area contributed by atoms with Crippen molar-refractivity contribution in [3.05, 3.63) is 0 Å². The van der Waals surface area contributed by atoms with E-state index in [0.29, 0.717) is 0 Å². The van der Waals surface area contributed by atoms with Crippen molar-refractivity contribution in [1.82, 2.24) is 4.90 Å². The monoisotopic (exact) mass is 243 g/mol. The Balaban J connectivity index is 2.11. The number of esters is 1. The Morgan fingerprint density at radius 1 is 1.06 bits per heavy atom. The number of hydrogen-bond acceptors (Lipinski definition) is 4. The highest BCUT2D eigenvalue weighted by molar-refractivity contribution is 5.75. The fourth-order valence-corrected chi connectivity index (χ4v) is 1.47. The SMILES string of the molecule is CC(C)(C)C(=O)OCCOC(=O)N1CCCC1. The van der Waals surface area contributed by atoms with E-state index < -0.39 is 5.41 Å². The summed E-state index contributed by atoms with van der Waals surface area (Å²) in [5.41, 5.74) is -0.515. The predicted molar refractivity (Wildman–Crippen MR) is 62.6 cm³/mol. The molecular weight excluding hydrogens is 222 g/mol. The molecule has 0 aromatic rings. The summed E-state index contributed by atoms with van der Waals surface area (Å²) >= 11 is 0. The van der Waals surface area contributed by atoms with E-state index >= 15 is 0 Å². The molecule has 17 heavy (non-hydrogen) atoms. The molecule has 1 saturated heterocycles. The van der Waals surface area contributed by atoms with Crippen molar-refractivity contribution in [2.24, 2.45) is 5.41 Å². The van der Waals surface area contributed by atoms with Gasteiger partial charge in [0, 0.05) is 13.1 Å². The Labute approximate surface area is 102 Å². The number of ether oxygens (including phenoxy) is 2. The van der Waals surface area contributed by atoms with Crippen LogP contribution >= 0.6 is 0 Å². The smallest absolute Gasteiger partial charge is 0.409 e. The molecule has 0 spiro atoms. The van der Waals surface area contributed by atoms with Gasteiger partial charge in [-0.15, -0.1) is 0 Å². The van der Waals surface area contributed by atoms with Gasteiger partial charge in [0.25, 0.3) is 0 Å². The summed E-state index contributed by atoms with van der Waals surface area (Å²) in [6.45, 7) is 7.12. The molecule has 0 radical (unpaired) electrons. The molecule has 5 nitrogen and oxygen atoms in total. The van der Waals surface area contributed by atoms with Crippen molar-refractivity contribution >= 4 is 12.1 Å². The Kier molecular flexibility index (Phi) is 4.78. The van der Waals surface area contributed by atoms with Gasteiger partial charge in [-0.05, 0) is 33.6 Å². The van der Waals surface area contributed by atoms with Crippen LogP contribution in [0.3, 0.4) is 0 Å². The molecule has 0 aromatic carbocycles. The van der Waals surface area contributed by atoms with Crippen LogP contribution in [0, 0.1) is 5.41 Å². The molecule has 0 aliphatic carbocycles.